The topological polar surface area (TPSA) is 97.6 Å². The van der Waals surface area contributed by atoms with Gasteiger partial charge in [0.2, 0.25) is 11.8 Å². The molecule has 0 radical (unpaired) electrons. The van der Waals surface area contributed by atoms with Crippen LogP contribution in [0.4, 0.5) is 10.1 Å². The maximum Gasteiger partial charge on any atom is 0.270 e. The molecule has 0 aromatic carbocycles. The van der Waals surface area contributed by atoms with Crippen LogP contribution in [-0.2, 0) is 4.79 Å². The minimum atomic E-state index is -1.22. The molecule has 3 N–H and O–H groups in total. The molecule has 1 aliphatic carbocycles. The van der Waals surface area contributed by atoms with E-state index in [0.717, 1.165) is 12.8 Å². The van der Waals surface area contributed by atoms with Crippen molar-refractivity contribution in [3.05, 3.63) is 17.8 Å². The van der Waals surface area contributed by atoms with Gasteiger partial charge in [-0.3, -0.25) is 9.59 Å². The zero-order valence-corrected chi connectivity index (χ0v) is 13.5. The quantitative estimate of drug-likeness (QED) is 0.761. The Labute approximate surface area is 139 Å². The summed E-state index contributed by atoms with van der Waals surface area (Å²) >= 11 is 0. The number of aromatic nitrogens is 1. The molecule has 24 heavy (non-hydrogen) atoms. The number of anilines is 1. The normalized spacial score (nSPS) is 18.7. The first kappa shape index (κ1) is 16.5. The van der Waals surface area contributed by atoms with Gasteiger partial charge in [0, 0.05) is 0 Å². The number of nitrogens with zero attached hydrogens (tertiary/aromatic N) is 2. The molecule has 0 atom stereocenters. The van der Waals surface area contributed by atoms with Gasteiger partial charge in [0.05, 0.1) is 26.2 Å². The van der Waals surface area contributed by atoms with E-state index in [1.165, 1.54) is 6.07 Å². The number of nitrogens with one attached hydrogen (secondary N) is 1. The summed E-state index contributed by atoms with van der Waals surface area (Å²) in [6.45, 7) is 2.36. The largest absolute Gasteiger partial charge is 0.476 e. The van der Waals surface area contributed by atoms with Gasteiger partial charge in [-0.05, 0) is 37.8 Å². The van der Waals surface area contributed by atoms with Gasteiger partial charge in [-0.25, -0.2) is 9.37 Å². The number of pyridine rings is 1. The van der Waals surface area contributed by atoms with E-state index >= 15 is 0 Å². The van der Waals surface area contributed by atoms with Gasteiger partial charge in [-0.15, -0.1) is 0 Å². The van der Waals surface area contributed by atoms with Crippen LogP contribution in [0.15, 0.2) is 12.1 Å². The van der Waals surface area contributed by atoms with Gasteiger partial charge >= 0.3 is 0 Å². The van der Waals surface area contributed by atoms with Crippen LogP contribution in [0, 0.1) is 5.92 Å². The number of carbonyl (C=O) groups is 2. The standard InChI is InChI=1S/C16H21FN4O3/c1-16(17)8-21(9-16)12-5-4-11(14(23)19-6-13(18)22)20-15(12)24-7-10-2-3-10/h4-5,10H,2-3,6-9H2,1H3,(H2,18,22)(H,19,23). The Hall–Kier alpha value is -2.38. The van der Waals surface area contributed by atoms with Crippen LogP contribution in [-0.4, -0.2) is 48.7 Å². The van der Waals surface area contributed by atoms with Gasteiger partial charge in [0.1, 0.15) is 17.1 Å². The Bertz CT molecular complexity index is 653. The summed E-state index contributed by atoms with van der Waals surface area (Å²) in [7, 11) is 0. The van der Waals surface area contributed by atoms with E-state index in [2.05, 4.69) is 10.3 Å². The van der Waals surface area contributed by atoms with Crippen molar-refractivity contribution >= 4 is 17.5 Å². The number of halogens is 1. The zero-order valence-electron chi connectivity index (χ0n) is 13.5. The van der Waals surface area contributed by atoms with Crippen LogP contribution < -0.4 is 20.7 Å². The van der Waals surface area contributed by atoms with Crippen molar-refractivity contribution in [2.75, 3.05) is 31.1 Å². The van der Waals surface area contributed by atoms with Crippen molar-refractivity contribution in [3.63, 3.8) is 0 Å². The van der Waals surface area contributed by atoms with E-state index in [1.54, 1.807) is 13.0 Å². The lowest BCUT2D eigenvalue weighted by Crippen LogP contribution is -2.57. The van der Waals surface area contributed by atoms with Gasteiger partial charge in [0.15, 0.2) is 0 Å². The lowest BCUT2D eigenvalue weighted by molar-refractivity contribution is -0.117. The van der Waals surface area contributed by atoms with Crippen LogP contribution in [0.25, 0.3) is 0 Å². The first-order chi connectivity index (χ1) is 11.3. The molecule has 0 unspecified atom stereocenters. The Morgan fingerprint density at radius 2 is 2.17 bits per heavy atom. The second-order valence-electron chi connectivity index (χ2n) is 6.69. The third kappa shape index (κ3) is 3.93. The monoisotopic (exact) mass is 336 g/mol. The smallest absolute Gasteiger partial charge is 0.270 e. The maximum atomic E-state index is 13.8. The first-order valence-corrected chi connectivity index (χ1v) is 7.98. The van der Waals surface area contributed by atoms with E-state index in [-0.39, 0.29) is 25.3 Å². The van der Waals surface area contributed by atoms with Crippen molar-refractivity contribution in [2.24, 2.45) is 11.7 Å². The number of ether oxygens (including phenoxy) is 1. The Kier molecular flexibility index (Phi) is 4.29. The summed E-state index contributed by atoms with van der Waals surface area (Å²) in [4.78, 5) is 28.9. The third-order valence-corrected chi connectivity index (χ3v) is 4.03. The summed E-state index contributed by atoms with van der Waals surface area (Å²) in [5.74, 6) is -0.289. The predicted molar refractivity (Wildman–Crippen MR) is 85.7 cm³/mol. The number of hydrogen-bond donors (Lipinski definition) is 2. The molecular weight excluding hydrogens is 315 g/mol. The highest BCUT2D eigenvalue weighted by Gasteiger charge is 2.40. The first-order valence-electron chi connectivity index (χ1n) is 7.98. The summed E-state index contributed by atoms with van der Waals surface area (Å²) in [5.41, 5.74) is 4.61. The molecule has 0 bridgehead atoms. The molecule has 130 valence electrons. The minimum Gasteiger partial charge on any atom is -0.476 e. The second kappa shape index (κ2) is 6.26. The lowest BCUT2D eigenvalue weighted by Gasteiger charge is -2.44. The molecule has 3 rings (SSSR count). The fourth-order valence-corrected chi connectivity index (χ4v) is 2.57. The van der Waals surface area contributed by atoms with Crippen LogP contribution in [0.1, 0.15) is 30.3 Å². The fourth-order valence-electron chi connectivity index (χ4n) is 2.57. The number of carbonyl (C=O) groups excluding carboxylic acids is 2. The molecule has 2 amide bonds. The van der Waals surface area contributed by atoms with E-state index in [9.17, 15) is 14.0 Å². The Balaban J connectivity index is 1.75. The highest BCUT2D eigenvalue weighted by molar-refractivity contribution is 5.95. The van der Waals surface area contributed by atoms with Crippen LogP contribution in [0.5, 0.6) is 5.88 Å². The number of primary amides is 1. The molecule has 1 saturated heterocycles. The van der Waals surface area contributed by atoms with Crippen molar-refractivity contribution in [2.45, 2.75) is 25.4 Å². The summed E-state index contributed by atoms with van der Waals surface area (Å²) in [6, 6.07) is 3.23. The highest BCUT2D eigenvalue weighted by Crippen LogP contribution is 2.37. The second-order valence-corrected chi connectivity index (χ2v) is 6.69. The molecule has 8 heteroatoms. The number of amides is 2. The van der Waals surface area contributed by atoms with Crippen molar-refractivity contribution in [3.8, 4) is 5.88 Å². The number of alkyl halides is 1. The van der Waals surface area contributed by atoms with Crippen LogP contribution in [0.2, 0.25) is 0 Å². The molecule has 1 aliphatic heterocycles. The van der Waals surface area contributed by atoms with Crippen LogP contribution in [0.3, 0.4) is 0 Å². The average Bonchev–Trinajstić information content (AvgIpc) is 3.32. The van der Waals surface area contributed by atoms with Crippen molar-refractivity contribution < 1.29 is 18.7 Å². The van der Waals surface area contributed by atoms with E-state index in [0.29, 0.717) is 24.1 Å². The van der Waals surface area contributed by atoms with Gasteiger partial charge in [-0.1, -0.05) is 0 Å². The number of nitrogens with two attached hydrogens (primary N) is 1. The molecule has 1 aromatic heterocycles. The van der Waals surface area contributed by atoms with Crippen molar-refractivity contribution in [1.29, 1.82) is 0 Å². The molecule has 2 fully saturated rings. The summed E-state index contributed by atoms with van der Waals surface area (Å²) in [5, 5.41) is 2.39. The van der Waals surface area contributed by atoms with E-state index < -0.39 is 17.5 Å². The third-order valence-electron chi connectivity index (χ3n) is 4.03. The zero-order chi connectivity index (χ0) is 17.3. The number of rotatable bonds is 7. The van der Waals surface area contributed by atoms with E-state index in [1.807, 2.05) is 4.90 Å². The highest BCUT2D eigenvalue weighted by atomic mass is 19.1. The average molecular weight is 336 g/mol. The molecular formula is C16H21FN4O3. The Morgan fingerprint density at radius 3 is 2.75 bits per heavy atom. The van der Waals surface area contributed by atoms with Gasteiger partial charge < -0.3 is 20.7 Å². The number of hydrogen-bond acceptors (Lipinski definition) is 5. The van der Waals surface area contributed by atoms with Gasteiger partial charge in [-0.2, -0.15) is 0 Å². The van der Waals surface area contributed by atoms with E-state index in [4.69, 9.17) is 10.5 Å². The molecule has 0 spiro atoms. The maximum absolute atomic E-state index is 13.8. The molecule has 2 aliphatic rings. The molecule has 1 aromatic rings. The minimum absolute atomic E-state index is 0.134. The predicted octanol–water partition coefficient (Wildman–Crippen LogP) is 0.634. The molecule has 2 heterocycles. The summed E-state index contributed by atoms with van der Waals surface area (Å²) in [6.07, 6.45) is 2.25. The van der Waals surface area contributed by atoms with Crippen LogP contribution >= 0.6 is 0 Å². The lowest BCUT2D eigenvalue weighted by atomic mass is 9.98. The molecule has 1 saturated carbocycles. The fraction of sp³-hybridized carbons (Fsp3) is 0.562. The van der Waals surface area contributed by atoms with Gasteiger partial charge in [0.25, 0.3) is 5.91 Å². The molecule has 7 nitrogen and oxygen atoms in total. The van der Waals surface area contributed by atoms with Crippen molar-refractivity contribution in [1.82, 2.24) is 10.3 Å². The summed E-state index contributed by atoms with van der Waals surface area (Å²) < 4.78 is 19.5. The Morgan fingerprint density at radius 1 is 1.46 bits per heavy atom. The SMILES string of the molecule is CC1(F)CN(c2ccc(C(=O)NCC(N)=O)nc2OCC2CC2)C1.